The normalized spacial score (nSPS) is 10.8. The average molecular weight is 282 g/mol. The molecule has 0 atom stereocenters. The van der Waals surface area contributed by atoms with Gasteiger partial charge in [0, 0.05) is 5.56 Å². The summed E-state index contributed by atoms with van der Waals surface area (Å²) in [6.45, 7) is 0.0161. The van der Waals surface area contributed by atoms with Gasteiger partial charge in [-0.1, -0.05) is 36.4 Å². The summed E-state index contributed by atoms with van der Waals surface area (Å²) >= 11 is 0. The fourth-order valence-electron chi connectivity index (χ4n) is 2.45. The van der Waals surface area contributed by atoms with Crippen molar-refractivity contribution in [2.45, 2.75) is 6.61 Å². The molecular weight excluding hydrogens is 267 g/mol. The molecular formula is C18H15FO2. The van der Waals surface area contributed by atoms with E-state index in [4.69, 9.17) is 9.84 Å². The maximum atomic E-state index is 14.3. The number of aliphatic hydroxyl groups is 1. The van der Waals surface area contributed by atoms with Crippen molar-refractivity contribution < 1.29 is 14.2 Å². The smallest absolute Gasteiger partial charge is 0.172 e. The Kier molecular flexibility index (Phi) is 3.59. The quantitative estimate of drug-likeness (QED) is 0.782. The lowest BCUT2D eigenvalue weighted by Crippen LogP contribution is -1.91. The molecule has 0 saturated carbocycles. The molecule has 21 heavy (non-hydrogen) atoms. The minimum Gasteiger partial charge on any atom is -0.494 e. The first-order valence-corrected chi connectivity index (χ1v) is 6.69. The zero-order valence-corrected chi connectivity index (χ0v) is 11.6. The number of fused-ring (bicyclic) bond motifs is 1. The van der Waals surface area contributed by atoms with Gasteiger partial charge in [0.15, 0.2) is 11.6 Å². The molecule has 0 amide bonds. The van der Waals surface area contributed by atoms with Gasteiger partial charge in [-0.05, 0) is 40.1 Å². The van der Waals surface area contributed by atoms with E-state index < -0.39 is 0 Å². The molecule has 0 fully saturated rings. The summed E-state index contributed by atoms with van der Waals surface area (Å²) in [4.78, 5) is 0. The molecule has 0 aliphatic carbocycles. The van der Waals surface area contributed by atoms with E-state index >= 15 is 0 Å². The third-order valence-corrected chi connectivity index (χ3v) is 3.58. The number of ether oxygens (including phenoxy) is 1. The van der Waals surface area contributed by atoms with Gasteiger partial charge < -0.3 is 9.84 Å². The minimum atomic E-state index is -0.355. The Morgan fingerprint density at radius 3 is 2.52 bits per heavy atom. The van der Waals surface area contributed by atoms with E-state index in [2.05, 4.69) is 0 Å². The number of methoxy groups -OCH3 is 1. The highest BCUT2D eigenvalue weighted by atomic mass is 19.1. The second-order valence-electron chi connectivity index (χ2n) is 4.88. The summed E-state index contributed by atoms with van der Waals surface area (Å²) in [6.07, 6.45) is 0. The van der Waals surface area contributed by atoms with Crippen LogP contribution in [0.3, 0.4) is 0 Å². The van der Waals surface area contributed by atoms with E-state index in [0.29, 0.717) is 5.56 Å². The first-order valence-electron chi connectivity index (χ1n) is 6.69. The third kappa shape index (κ3) is 2.48. The first-order chi connectivity index (χ1) is 10.2. The number of hydrogen-bond donors (Lipinski definition) is 1. The van der Waals surface area contributed by atoms with Gasteiger partial charge in [-0.25, -0.2) is 4.39 Å². The second-order valence-corrected chi connectivity index (χ2v) is 4.88. The summed E-state index contributed by atoms with van der Waals surface area (Å²) in [6, 6.07) is 16.6. The van der Waals surface area contributed by atoms with Gasteiger partial charge in [-0.3, -0.25) is 0 Å². The van der Waals surface area contributed by atoms with Gasteiger partial charge in [-0.2, -0.15) is 0 Å². The average Bonchev–Trinajstić information content (AvgIpc) is 2.54. The van der Waals surface area contributed by atoms with Crippen LogP contribution in [0.15, 0.2) is 54.6 Å². The Labute approximate surface area is 122 Å². The van der Waals surface area contributed by atoms with Crippen molar-refractivity contribution in [1.82, 2.24) is 0 Å². The third-order valence-electron chi connectivity index (χ3n) is 3.58. The van der Waals surface area contributed by atoms with Crippen LogP contribution in [-0.4, -0.2) is 12.2 Å². The lowest BCUT2D eigenvalue weighted by molar-refractivity contribution is 0.282. The maximum Gasteiger partial charge on any atom is 0.172 e. The predicted octanol–water partition coefficient (Wildman–Crippen LogP) is 4.15. The van der Waals surface area contributed by atoms with Crippen molar-refractivity contribution in [3.05, 3.63) is 66.0 Å². The number of halogens is 1. The highest BCUT2D eigenvalue weighted by molar-refractivity contribution is 5.88. The van der Waals surface area contributed by atoms with E-state index in [9.17, 15) is 4.39 Å². The Balaban J connectivity index is 2.13. The molecule has 0 aliphatic heterocycles. The van der Waals surface area contributed by atoms with Gasteiger partial charge >= 0.3 is 0 Å². The molecule has 3 heteroatoms. The first kappa shape index (κ1) is 13.6. The summed E-state index contributed by atoms with van der Waals surface area (Å²) in [5, 5.41) is 11.2. The number of rotatable bonds is 3. The largest absolute Gasteiger partial charge is 0.494 e. The molecule has 1 N–H and O–H groups in total. The van der Waals surface area contributed by atoms with Gasteiger partial charge in [0.2, 0.25) is 0 Å². The molecule has 3 rings (SSSR count). The highest BCUT2D eigenvalue weighted by Crippen LogP contribution is 2.31. The lowest BCUT2D eigenvalue weighted by Gasteiger charge is -2.09. The van der Waals surface area contributed by atoms with Crippen molar-refractivity contribution in [2.24, 2.45) is 0 Å². The summed E-state index contributed by atoms with van der Waals surface area (Å²) in [7, 11) is 1.46. The fourth-order valence-corrected chi connectivity index (χ4v) is 2.45. The number of hydrogen-bond acceptors (Lipinski definition) is 2. The van der Waals surface area contributed by atoms with Crippen LogP contribution in [0.4, 0.5) is 4.39 Å². The Morgan fingerprint density at radius 1 is 1.00 bits per heavy atom. The molecule has 3 aromatic rings. The van der Waals surface area contributed by atoms with Crippen LogP contribution in [0.2, 0.25) is 0 Å². The van der Waals surface area contributed by atoms with E-state index in [1.807, 2.05) is 36.4 Å². The zero-order chi connectivity index (χ0) is 14.8. The standard InChI is InChI=1S/C18H15FO2/c1-21-17-4-2-3-16(18(17)19)15-8-7-13-9-12(11-20)5-6-14(13)10-15/h2-10,20H,11H2,1H3. The van der Waals surface area contributed by atoms with Crippen molar-refractivity contribution in [1.29, 1.82) is 0 Å². The van der Waals surface area contributed by atoms with E-state index in [-0.39, 0.29) is 18.2 Å². The van der Waals surface area contributed by atoms with Crippen molar-refractivity contribution in [2.75, 3.05) is 7.11 Å². The molecule has 0 bridgehead atoms. The summed E-state index contributed by atoms with van der Waals surface area (Å²) in [5.41, 5.74) is 2.18. The molecule has 3 aromatic carbocycles. The van der Waals surface area contributed by atoms with E-state index in [1.54, 1.807) is 18.2 Å². The Morgan fingerprint density at radius 2 is 1.76 bits per heavy atom. The van der Waals surface area contributed by atoms with Crippen molar-refractivity contribution >= 4 is 10.8 Å². The molecule has 0 radical (unpaired) electrons. The molecule has 106 valence electrons. The molecule has 0 aromatic heterocycles. The topological polar surface area (TPSA) is 29.5 Å². The zero-order valence-electron chi connectivity index (χ0n) is 11.6. The molecule has 0 unspecified atom stereocenters. The molecule has 0 aliphatic rings. The molecule has 0 saturated heterocycles. The van der Waals surface area contributed by atoms with Gasteiger partial charge in [0.1, 0.15) is 0 Å². The van der Waals surface area contributed by atoms with Gasteiger partial charge in [-0.15, -0.1) is 0 Å². The van der Waals surface area contributed by atoms with Crippen LogP contribution in [0.1, 0.15) is 5.56 Å². The van der Waals surface area contributed by atoms with E-state index in [0.717, 1.165) is 21.9 Å². The summed E-state index contributed by atoms with van der Waals surface area (Å²) < 4.78 is 19.3. The minimum absolute atomic E-state index is 0.0161. The van der Waals surface area contributed by atoms with Crippen LogP contribution < -0.4 is 4.74 Å². The molecule has 0 heterocycles. The SMILES string of the molecule is COc1cccc(-c2ccc3cc(CO)ccc3c2)c1F. The maximum absolute atomic E-state index is 14.3. The number of benzene rings is 3. The van der Waals surface area contributed by atoms with Crippen molar-refractivity contribution in [3.8, 4) is 16.9 Å². The van der Waals surface area contributed by atoms with Crippen LogP contribution in [-0.2, 0) is 6.61 Å². The Hall–Kier alpha value is -2.39. The lowest BCUT2D eigenvalue weighted by atomic mass is 9.99. The highest BCUT2D eigenvalue weighted by Gasteiger charge is 2.10. The van der Waals surface area contributed by atoms with Crippen molar-refractivity contribution in [3.63, 3.8) is 0 Å². The second kappa shape index (κ2) is 5.54. The predicted molar refractivity (Wildman–Crippen MR) is 81.8 cm³/mol. The van der Waals surface area contributed by atoms with E-state index in [1.165, 1.54) is 7.11 Å². The van der Waals surface area contributed by atoms with Gasteiger partial charge in [0.05, 0.1) is 13.7 Å². The van der Waals surface area contributed by atoms with Crippen LogP contribution >= 0.6 is 0 Å². The monoisotopic (exact) mass is 282 g/mol. The van der Waals surface area contributed by atoms with Gasteiger partial charge in [0.25, 0.3) is 0 Å². The van der Waals surface area contributed by atoms with Crippen LogP contribution in [0.25, 0.3) is 21.9 Å². The van der Waals surface area contributed by atoms with Crippen LogP contribution in [0, 0.1) is 5.82 Å². The summed E-state index contributed by atoms with van der Waals surface area (Å²) in [5.74, 6) is -0.116. The molecule has 2 nitrogen and oxygen atoms in total. The Bertz CT molecular complexity index is 796. The molecule has 0 spiro atoms. The van der Waals surface area contributed by atoms with Crippen LogP contribution in [0.5, 0.6) is 5.75 Å². The fraction of sp³-hybridized carbons (Fsp3) is 0.111. The number of aliphatic hydroxyl groups excluding tert-OH is 1.